The molecule has 0 amide bonds. The average molecular weight is 222 g/mol. The van der Waals surface area contributed by atoms with Crippen LogP contribution in [0.4, 0.5) is 0 Å². The normalized spacial score (nSPS) is 10.9. The van der Waals surface area contributed by atoms with Crippen molar-refractivity contribution in [3.63, 3.8) is 0 Å². The molecule has 0 rings (SSSR count). The number of hydrogen-bond donors (Lipinski definition) is 0. The van der Waals surface area contributed by atoms with Gasteiger partial charge in [-0.15, -0.1) is 11.6 Å². The lowest BCUT2D eigenvalue weighted by atomic mass is 10.3. The molecule has 0 aromatic rings. The van der Waals surface area contributed by atoms with Gasteiger partial charge in [0, 0.05) is 0 Å². The number of carbonyl (C=O) groups is 2. The molecule has 0 radical (unpaired) electrons. The van der Waals surface area contributed by atoms with Crippen LogP contribution in [-0.4, -0.2) is 36.6 Å². The second-order valence-corrected chi connectivity index (χ2v) is 2.40. The zero-order chi connectivity index (χ0) is 11.0. The molecule has 0 aliphatic rings. The van der Waals surface area contributed by atoms with E-state index in [1.165, 1.54) is 0 Å². The standard InChI is InChI=1S/C8H12ClNO4/c1-3-13-8(12)7(6(11)5-9)10-14-4-2/h3-5H2,1-2H3/b10-7+. The van der Waals surface area contributed by atoms with Crippen molar-refractivity contribution in [2.75, 3.05) is 19.1 Å². The summed E-state index contributed by atoms with van der Waals surface area (Å²) in [4.78, 5) is 26.8. The lowest BCUT2D eigenvalue weighted by Crippen LogP contribution is -2.27. The van der Waals surface area contributed by atoms with Crippen molar-refractivity contribution in [1.82, 2.24) is 0 Å². The highest BCUT2D eigenvalue weighted by molar-refractivity contribution is 6.67. The van der Waals surface area contributed by atoms with E-state index in [1.807, 2.05) is 0 Å². The van der Waals surface area contributed by atoms with Crippen LogP contribution < -0.4 is 0 Å². The molecule has 0 unspecified atom stereocenters. The maximum Gasteiger partial charge on any atom is 0.364 e. The Labute approximate surface area is 87.0 Å². The molecule has 0 heterocycles. The number of nitrogens with zero attached hydrogens (tertiary/aromatic N) is 1. The molecular weight excluding hydrogens is 210 g/mol. The fourth-order valence-corrected chi connectivity index (χ4v) is 0.720. The summed E-state index contributed by atoms with van der Waals surface area (Å²) >= 11 is 5.28. The first-order valence-electron chi connectivity index (χ1n) is 4.13. The molecule has 14 heavy (non-hydrogen) atoms. The minimum absolute atomic E-state index is 0.166. The van der Waals surface area contributed by atoms with Crippen molar-refractivity contribution >= 4 is 29.1 Å². The summed E-state index contributed by atoms with van der Waals surface area (Å²) in [6.07, 6.45) is 0. The third-order valence-electron chi connectivity index (χ3n) is 1.14. The maximum absolute atomic E-state index is 11.1. The molecule has 0 saturated carbocycles. The number of carbonyl (C=O) groups excluding carboxylic acids is 2. The number of ether oxygens (including phenoxy) is 1. The number of ketones is 1. The second kappa shape index (κ2) is 7.32. The van der Waals surface area contributed by atoms with Crippen LogP contribution in [0.5, 0.6) is 0 Å². The molecule has 80 valence electrons. The van der Waals surface area contributed by atoms with Gasteiger partial charge in [-0.2, -0.15) is 0 Å². The third kappa shape index (κ3) is 4.23. The van der Waals surface area contributed by atoms with E-state index in [1.54, 1.807) is 13.8 Å². The minimum Gasteiger partial charge on any atom is -0.461 e. The summed E-state index contributed by atoms with van der Waals surface area (Å²) in [5, 5.41) is 3.34. The maximum atomic E-state index is 11.1. The van der Waals surface area contributed by atoms with Crippen molar-refractivity contribution in [1.29, 1.82) is 0 Å². The Balaban J connectivity index is 4.54. The molecule has 6 heteroatoms. The minimum atomic E-state index is -0.813. The third-order valence-corrected chi connectivity index (χ3v) is 1.38. The van der Waals surface area contributed by atoms with Crippen LogP contribution in [0.25, 0.3) is 0 Å². The van der Waals surface area contributed by atoms with Crippen LogP contribution in [0.1, 0.15) is 13.8 Å². The van der Waals surface area contributed by atoms with Crippen LogP contribution >= 0.6 is 11.6 Å². The van der Waals surface area contributed by atoms with Gasteiger partial charge in [0.05, 0.1) is 12.5 Å². The first-order chi connectivity index (χ1) is 6.67. The summed E-state index contributed by atoms with van der Waals surface area (Å²) in [7, 11) is 0. The van der Waals surface area contributed by atoms with E-state index in [2.05, 4.69) is 14.7 Å². The van der Waals surface area contributed by atoms with Crippen LogP contribution in [0.2, 0.25) is 0 Å². The lowest BCUT2D eigenvalue weighted by Gasteiger charge is -2.02. The molecule has 0 saturated heterocycles. The van der Waals surface area contributed by atoms with E-state index in [0.29, 0.717) is 0 Å². The largest absolute Gasteiger partial charge is 0.461 e. The Morgan fingerprint density at radius 3 is 2.36 bits per heavy atom. The molecule has 0 aromatic heterocycles. The topological polar surface area (TPSA) is 65.0 Å². The summed E-state index contributed by atoms with van der Waals surface area (Å²) < 4.78 is 4.59. The fraction of sp³-hybridized carbons (Fsp3) is 0.625. The smallest absolute Gasteiger partial charge is 0.364 e. The van der Waals surface area contributed by atoms with Gasteiger partial charge < -0.3 is 9.57 Å². The predicted octanol–water partition coefficient (Wildman–Crippen LogP) is 0.750. The number of halogens is 1. The molecule has 0 spiro atoms. The van der Waals surface area contributed by atoms with Gasteiger partial charge in [-0.25, -0.2) is 4.79 Å². The highest BCUT2D eigenvalue weighted by atomic mass is 35.5. The van der Waals surface area contributed by atoms with E-state index in [4.69, 9.17) is 11.6 Å². The number of oxime groups is 1. The van der Waals surface area contributed by atoms with E-state index < -0.39 is 17.5 Å². The number of rotatable bonds is 6. The van der Waals surface area contributed by atoms with Crippen LogP contribution in [0, 0.1) is 0 Å². The number of Topliss-reactive ketones (excluding diaryl/α,β-unsaturated/α-hetero) is 1. The average Bonchev–Trinajstić information content (AvgIpc) is 2.18. The van der Waals surface area contributed by atoms with E-state index >= 15 is 0 Å². The number of hydrogen-bond acceptors (Lipinski definition) is 5. The first kappa shape index (κ1) is 12.9. The van der Waals surface area contributed by atoms with Gasteiger partial charge in [0.25, 0.3) is 0 Å². The van der Waals surface area contributed by atoms with E-state index in [0.717, 1.165) is 0 Å². The molecule has 0 aromatic carbocycles. The van der Waals surface area contributed by atoms with E-state index in [9.17, 15) is 9.59 Å². The molecular formula is C8H12ClNO4. The Kier molecular flexibility index (Phi) is 6.74. The van der Waals surface area contributed by atoms with Gasteiger partial charge in [-0.3, -0.25) is 4.79 Å². The summed E-state index contributed by atoms with van der Waals surface area (Å²) in [5.74, 6) is -1.75. The Bertz CT molecular complexity index is 239. The molecule has 0 aliphatic carbocycles. The van der Waals surface area contributed by atoms with Gasteiger partial charge in [-0.1, -0.05) is 5.16 Å². The van der Waals surface area contributed by atoms with Gasteiger partial charge in [0.2, 0.25) is 11.5 Å². The van der Waals surface area contributed by atoms with Gasteiger partial charge in [-0.05, 0) is 13.8 Å². The van der Waals surface area contributed by atoms with Crippen molar-refractivity contribution in [3.05, 3.63) is 0 Å². The summed E-state index contributed by atoms with van der Waals surface area (Å²) in [6.45, 7) is 3.73. The molecule has 0 N–H and O–H groups in total. The van der Waals surface area contributed by atoms with Gasteiger partial charge >= 0.3 is 5.97 Å². The first-order valence-corrected chi connectivity index (χ1v) is 4.67. The summed E-state index contributed by atoms with van der Waals surface area (Å²) in [6, 6.07) is 0. The molecule has 0 aliphatic heterocycles. The Hall–Kier alpha value is -1.10. The fourth-order valence-electron chi connectivity index (χ4n) is 0.594. The van der Waals surface area contributed by atoms with Crippen molar-refractivity contribution in [3.8, 4) is 0 Å². The quantitative estimate of drug-likeness (QED) is 0.218. The van der Waals surface area contributed by atoms with Gasteiger partial charge in [0.15, 0.2) is 0 Å². The van der Waals surface area contributed by atoms with Gasteiger partial charge in [0.1, 0.15) is 6.61 Å². The summed E-state index contributed by atoms with van der Waals surface area (Å²) in [5.41, 5.74) is -0.399. The highest BCUT2D eigenvalue weighted by Gasteiger charge is 2.21. The SMILES string of the molecule is CCO/N=C(\C(=O)CCl)C(=O)OCC. The second-order valence-electron chi connectivity index (χ2n) is 2.13. The molecule has 5 nitrogen and oxygen atoms in total. The van der Waals surface area contributed by atoms with E-state index in [-0.39, 0.29) is 19.1 Å². The molecule has 0 bridgehead atoms. The predicted molar refractivity (Wildman–Crippen MR) is 51.4 cm³/mol. The zero-order valence-corrected chi connectivity index (χ0v) is 8.84. The Morgan fingerprint density at radius 1 is 1.29 bits per heavy atom. The Morgan fingerprint density at radius 2 is 1.93 bits per heavy atom. The van der Waals surface area contributed by atoms with Crippen molar-refractivity contribution in [2.24, 2.45) is 5.16 Å². The molecule has 0 fully saturated rings. The van der Waals surface area contributed by atoms with Crippen LogP contribution in [0.3, 0.4) is 0 Å². The molecule has 0 atom stereocenters. The number of esters is 1. The monoisotopic (exact) mass is 221 g/mol. The zero-order valence-electron chi connectivity index (χ0n) is 8.08. The van der Waals surface area contributed by atoms with Crippen LogP contribution in [-0.2, 0) is 19.2 Å². The van der Waals surface area contributed by atoms with Crippen molar-refractivity contribution < 1.29 is 19.2 Å². The number of alkyl halides is 1. The highest BCUT2D eigenvalue weighted by Crippen LogP contribution is 1.92. The van der Waals surface area contributed by atoms with Crippen molar-refractivity contribution in [2.45, 2.75) is 13.8 Å². The van der Waals surface area contributed by atoms with Crippen LogP contribution in [0.15, 0.2) is 5.16 Å². The lowest BCUT2D eigenvalue weighted by molar-refractivity contribution is -0.135.